The summed E-state index contributed by atoms with van der Waals surface area (Å²) in [7, 11) is 1.64. The molecule has 0 radical (unpaired) electrons. The molecule has 1 aromatic carbocycles. The summed E-state index contributed by atoms with van der Waals surface area (Å²) in [6.07, 6.45) is 2.67. The van der Waals surface area contributed by atoms with Crippen molar-refractivity contribution in [3.8, 4) is 22.5 Å². The van der Waals surface area contributed by atoms with Gasteiger partial charge in [-0.15, -0.1) is 11.6 Å². The van der Waals surface area contributed by atoms with Crippen LogP contribution in [0.1, 0.15) is 0 Å². The van der Waals surface area contributed by atoms with Crippen molar-refractivity contribution in [2.75, 3.05) is 11.2 Å². The molecule has 0 unspecified atom stereocenters. The summed E-state index contributed by atoms with van der Waals surface area (Å²) < 4.78 is 46.1. The number of hydrogen-bond acceptors (Lipinski definition) is 5. The summed E-state index contributed by atoms with van der Waals surface area (Å²) in [4.78, 5) is 26.8. The van der Waals surface area contributed by atoms with E-state index in [1.807, 2.05) is 5.32 Å². The molecule has 0 bridgehead atoms. The van der Waals surface area contributed by atoms with Crippen LogP contribution < -0.4 is 5.32 Å². The Labute approximate surface area is 182 Å². The van der Waals surface area contributed by atoms with Gasteiger partial charge in [-0.25, -0.2) is 18.0 Å². The second-order valence-electron chi connectivity index (χ2n) is 6.62. The molecule has 0 fully saturated rings. The van der Waals surface area contributed by atoms with Gasteiger partial charge < -0.3 is 10.4 Å². The lowest BCUT2D eigenvalue weighted by Crippen LogP contribution is -2.15. The smallest absolute Gasteiger partial charge is 0.432 e. The Bertz CT molecular complexity index is 1400. The predicted octanol–water partition coefficient (Wildman–Crippen LogP) is 3.62. The van der Waals surface area contributed by atoms with E-state index in [0.29, 0.717) is 16.3 Å². The first kappa shape index (κ1) is 21.3. The molecule has 9 nitrogen and oxygen atoms in total. The lowest BCUT2D eigenvalue weighted by molar-refractivity contribution is -0.113. The van der Waals surface area contributed by atoms with E-state index < -0.39 is 46.6 Å². The van der Waals surface area contributed by atoms with Crippen LogP contribution in [0, 0.1) is 17.5 Å². The summed E-state index contributed by atoms with van der Waals surface area (Å²) in [5.74, 6) is -5.67. The van der Waals surface area contributed by atoms with Gasteiger partial charge in [-0.05, 0) is 6.07 Å². The highest BCUT2D eigenvalue weighted by molar-refractivity contribution is 6.29. The van der Waals surface area contributed by atoms with Gasteiger partial charge in [0.1, 0.15) is 17.4 Å². The van der Waals surface area contributed by atoms with Crippen LogP contribution in [0.2, 0.25) is 0 Å². The zero-order valence-corrected chi connectivity index (χ0v) is 16.9. The van der Waals surface area contributed by atoms with Crippen molar-refractivity contribution in [3.05, 3.63) is 48.2 Å². The molecule has 0 spiro atoms. The topological polar surface area (TPSA) is 115 Å². The van der Waals surface area contributed by atoms with E-state index >= 15 is 0 Å². The molecule has 0 aliphatic rings. The van der Waals surface area contributed by atoms with Gasteiger partial charge >= 0.3 is 6.09 Å². The number of alkyl halides is 1. The van der Waals surface area contributed by atoms with Crippen LogP contribution in [0.25, 0.3) is 33.4 Å². The molecule has 0 saturated heterocycles. The SMILES string of the molecule is Cn1cc(-c2nn(C(=O)O)c3cnc(-c4c(F)cc(NC(=O)CCl)c(F)c4F)cc23)cn1. The highest BCUT2D eigenvalue weighted by Gasteiger charge is 2.24. The lowest BCUT2D eigenvalue weighted by Gasteiger charge is -2.11. The first-order valence-corrected chi connectivity index (χ1v) is 9.39. The lowest BCUT2D eigenvalue weighted by atomic mass is 10.1. The zero-order valence-electron chi connectivity index (χ0n) is 16.1. The maximum Gasteiger partial charge on any atom is 0.432 e. The van der Waals surface area contributed by atoms with Crippen LogP contribution in [0.3, 0.4) is 0 Å². The molecule has 164 valence electrons. The fraction of sp³-hybridized carbons (Fsp3) is 0.105. The third kappa shape index (κ3) is 3.54. The molecule has 4 aromatic rings. The van der Waals surface area contributed by atoms with Crippen LogP contribution in [0.5, 0.6) is 0 Å². The van der Waals surface area contributed by atoms with Crippen LogP contribution in [-0.4, -0.2) is 47.5 Å². The van der Waals surface area contributed by atoms with E-state index in [-0.39, 0.29) is 22.3 Å². The predicted molar refractivity (Wildman–Crippen MR) is 108 cm³/mol. The van der Waals surface area contributed by atoms with Gasteiger partial charge in [0, 0.05) is 30.3 Å². The molecular formula is C19H12ClF3N6O3. The molecule has 13 heteroatoms. The van der Waals surface area contributed by atoms with E-state index in [2.05, 4.69) is 15.2 Å². The van der Waals surface area contributed by atoms with E-state index in [1.54, 1.807) is 13.2 Å². The Hall–Kier alpha value is -3.93. The number of pyridine rings is 1. The number of anilines is 1. The minimum atomic E-state index is -1.59. The van der Waals surface area contributed by atoms with Gasteiger partial charge in [-0.2, -0.15) is 14.9 Å². The Morgan fingerprint density at radius 3 is 2.56 bits per heavy atom. The van der Waals surface area contributed by atoms with Crippen molar-refractivity contribution in [3.63, 3.8) is 0 Å². The maximum atomic E-state index is 14.8. The molecule has 0 aliphatic heterocycles. The Morgan fingerprint density at radius 1 is 1.19 bits per heavy atom. The minimum Gasteiger partial charge on any atom is -0.463 e. The molecule has 0 saturated carbocycles. The monoisotopic (exact) mass is 464 g/mol. The number of fused-ring (bicyclic) bond motifs is 1. The van der Waals surface area contributed by atoms with Gasteiger partial charge in [0.05, 0.1) is 34.9 Å². The molecule has 1 amide bonds. The summed E-state index contributed by atoms with van der Waals surface area (Å²) in [6.45, 7) is 0. The van der Waals surface area contributed by atoms with Gasteiger partial charge in [-0.3, -0.25) is 14.5 Å². The molecule has 32 heavy (non-hydrogen) atoms. The van der Waals surface area contributed by atoms with Gasteiger partial charge in [-0.1, -0.05) is 0 Å². The quantitative estimate of drug-likeness (QED) is 0.352. The average Bonchev–Trinajstić information content (AvgIpc) is 3.35. The van der Waals surface area contributed by atoms with Gasteiger partial charge in [0.25, 0.3) is 0 Å². The number of rotatable bonds is 4. The Balaban J connectivity index is 1.92. The normalized spacial score (nSPS) is 11.2. The van der Waals surface area contributed by atoms with Crippen molar-refractivity contribution in [1.82, 2.24) is 24.5 Å². The molecule has 3 aromatic heterocycles. The highest BCUT2D eigenvalue weighted by Crippen LogP contribution is 2.34. The third-order valence-corrected chi connectivity index (χ3v) is 4.78. The number of halogens is 4. The number of aryl methyl sites for hydroxylation is 1. The minimum absolute atomic E-state index is 0.0485. The standard InChI is InChI=1S/C19H12ClF3N6O3/c1-28-7-8(5-25-28)18-9-2-11(24-6-13(9)29(27-18)19(31)32)15-10(21)3-12(16(22)17(15)23)26-14(30)4-20/h2-3,5-7H,4H2,1H3,(H,26,30)(H,31,32). The zero-order chi connectivity index (χ0) is 23.2. The molecule has 2 N–H and O–H groups in total. The van der Waals surface area contributed by atoms with Crippen LogP contribution in [0.15, 0.2) is 30.7 Å². The fourth-order valence-corrected chi connectivity index (χ4v) is 3.22. The largest absolute Gasteiger partial charge is 0.463 e. The number of nitrogens with one attached hydrogen (secondary N) is 1. The maximum absolute atomic E-state index is 14.8. The number of hydrogen-bond donors (Lipinski definition) is 2. The number of nitrogens with zero attached hydrogens (tertiary/aromatic N) is 5. The number of benzene rings is 1. The molecule has 0 aliphatic carbocycles. The van der Waals surface area contributed by atoms with E-state index in [9.17, 15) is 27.9 Å². The molecule has 3 heterocycles. The average molecular weight is 465 g/mol. The van der Waals surface area contributed by atoms with E-state index in [1.165, 1.54) is 16.9 Å². The van der Waals surface area contributed by atoms with E-state index in [4.69, 9.17) is 11.6 Å². The van der Waals surface area contributed by atoms with Gasteiger partial charge in [0.2, 0.25) is 5.91 Å². The Kier molecular flexibility index (Phi) is 5.30. The second kappa shape index (κ2) is 7.96. The second-order valence-corrected chi connectivity index (χ2v) is 6.89. The number of carbonyl (C=O) groups is 2. The summed E-state index contributed by atoms with van der Waals surface area (Å²) in [6, 6.07) is 1.80. The molecule has 0 atom stereocenters. The molecule has 4 rings (SSSR count). The van der Waals surface area contributed by atoms with Crippen LogP contribution in [0.4, 0.5) is 23.7 Å². The number of amides is 1. The summed E-state index contributed by atoms with van der Waals surface area (Å²) in [5, 5.41) is 19.6. The fourth-order valence-electron chi connectivity index (χ4n) is 3.16. The van der Waals surface area contributed by atoms with Gasteiger partial charge in [0.15, 0.2) is 11.6 Å². The number of carboxylic acid groups (broad SMARTS) is 1. The third-order valence-electron chi connectivity index (χ3n) is 4.54. The Morgan fingerprint density at radius 2 is 1.94 bits per heavy atom. The highest BCUT2D eigenvalue weighted by atomic mass is 35.5. The number of aromatic nitrogens is 5. The first-order chi connectivity index (χ1) is 15.2. The van der Waals surface area contributed by atoms with Crippen molar-refractivity contribution in [2.24, 2.45) is 7.05 Å². The van der Waals surface area contributed by atoms with E-state index in [0.717, 1.165) is 6.20 Å². The van der Waals surface area contributed by atoms with Crippen molar-refractivity contribution < 1.29 is 27.9 Å². The van der Waals surface area contributed by atoms with Crippen molar-refractivity contribution in [2.45, 2.75) is 0 Å². The van der Waals surface area contributed by atoms with Crippen molar-refractivity contribution in [1.29, 1.82) is 0 Å². The molecular weight excluding hydrogens is 453 g/mol. The van der Waals surface area contributed by atoms with Crippen molar-refractivity contribution >= 4 is 40.2 Å². The summed E-state index contributed by atoms with van der Waals surface area (Å²) in [5.41, 5.74) is -1.16. The number of carbonyl (C=O) groups excluding carboxylic acids is 1. The summed E-state index contributed by atoms with van der Waals surface area (Å²) >= 11 is 5.32. The van der Waals surface area contributed by atoms with Crippen LogP contribution >= 0.6 is 11.6 Å². The van der Waals surface area contributed by atoms with Crippen LogP contribution in [-0.2, 0) is 11.8 Å². The first-order valence-electron chi connectivity index (χ1n) is 8.86.